The van der Waals surface area contributed by atoms with Crippen LogP contribution in [0, 0.1) is 6.92 Å². The lowest BCUT2D eigenvalue weighted by molar-refractivity contribution is 0.284. The molecule has 1 saturated heterocycles. The molecule has 2 aromatic heterocycles. The summed E-state index contributed by atoms with van der Waals surface area (Å²) in [7, 11) is 0. The van der Waals surface area contributed by atoms with Gasteiger partial charge in [0.15, 0.2) is 5.82 Å². The molecule has 1 fully saturated rings. The fourth-order valence-corrected chi connectivity index (χ4v) is 4.08. The van der Waals surface area contributed by atoms with E-state index >= 15 is 0 Å². The highest BCUT2D eigenvalue weighted by molar-refractivity contribution is 6.08. The zero-order chi connectivity index (χ0) is 19.6. The maximum absolute atomic E-state index is 4.63. The minimum atomic E-state index is 0.972. The minimum absolute atomic E-state index is 0.972. The second kappa shape index (κ2) is 7.68. The Balaban J connectivity index is 1.30. The molecule has 1 aliphatic heterocycles. The van der Waals surface area contributed by atoms with Gasteiger partial charge in [-0.3, -0.25) is 4.90 Å². The van der Waals surface area contributed by atoms with Crippen LogP contribution in [0.2, 0.25) is 0 Å². The number of aromatic amines is 1. The molecule has 2 aromatic carbocycles. The topological polar surface area (TPSA) is 48.1 Å². The molecule has 5 nitrogen and oxygen atoms in total. The lowest BCUT2D eigenvalue weighted by Gasteiger charge is -2.34. The van der Waals surface area contributed by atoms with E-state index in [9.17, 15) is 0 Å². The summed E-state index contributed by atoms with van der Waals surface area (Å²) in [6, 6.07) is 16.9. The van der Waals surface area contributed by atoms with Crippen molar-refractivity contribution in [1.29, 1.82) is 0 Å². The molecule has 1 N–H and O–H groups in total. The van der Waals surface area contributed by atoms with Gasteiger partial charge in [0, 0.05) is 43.6 Å². The molecule has 0 saturated carbocycles. The van der Waals surface area contributed by atoms with Gasteiger partial charge in [0.05, 0.1) is 0 Å². The predicted molar refractivity (Wildman–Crippen MR) is 120 cm³/mol. The third-order valence-electron chi connectivity index (χ3n) is 5.66. The third-order valence-corrected chi connectivity index (χ3v) is 5.66. The van der Waals surface area contributed by atoms with Gasteiger partial charge in [-0.05, 0) is 24.1 Å². The lowest BCUT2D eigenvalue weighted by atomic mass is 10.2. The van der Waals surface area contributed by atoms with Crippen LogP contribution in [0.15, 0.2) is 60.9 Å². The fourth-order valence-electron chi connectivity index (χ4n) is 4.08. The maximum Gasteiger partial charge on any atom is 0.156 e. The highest BCUT2D eigenvalue weighted by atomic mass is 15.3. The number of aromatic nitrogens is 3. The van der Waals surface area contributed by atoms with Gasteiger partial charge in [-0.1, -0.05) is 54.6 Å². The van der Waals surface area contributed by atoms with Gasteiger partial charge in [-0.25, -0.2) is 9.97 Å². The normalized spacial score (nSPS) is 15.7. The van der Waals surface area contributed by atoms with Crippen molar-refractivity contribution in [3.63, 3.8) is 0 Å². The molecule has 5 heteroatoms. The van der Waals surface area contributed by atoms with Crippen molar-refractivity contribution in [2.75, 3.05) is 37.6 Å². The van der Waals surface area contributed by atoms with Crippen LogP contribution in [-0.4, -0.2) is 52.6 Å². The Hall–Kier alpha value is -3.18. The summed E-state index contributed by atoms with van der Waals surface area (Å²) in [5.41, 5.74) is 5.69. The molecule has 146 valence electrons. The number of anilines is 1. The van der Waals surface area contributed by atoms with Gasteiger partial charge in [-0.2, -0.15) is 0 Å². The molecule has 0 unspecified atom stereocenters. The van der Waals surface area contributed by atoms with Crippen LogP contribution in [0.3, 0.4) is 0 Å². The first kappa shape index (κ1) is 17.9. The number of H-pyrrole nitrogens is 1. The van der Waals surface area contributed by atoms with Crippen molar-refractivity contribution in [1.82, 2.24) is 19.9 Å². The molecule has 0 spiro atoms. The van der Waals surface area contributed by atoms with Crippen LogP contribution in [0.25, 0.3) is 28.0 Å². The smallest absolute Gasteiger partial charge is 0.156 e. The SMILES string of the molecule is Cc1ccc2c(c1)[nH]c1c(N3CCN(C/C=C/c4ccccc4)CC3)ncnc12. The summed E-state index contributed by atoms with van der Waals surface area (Å²) in [6.45, 7) is 7.10. The summed E-state index contributed by atoms with van der Waals surface area (Å²) in [5, 5.41) is 1.17. The molecule has 0 bridgehead atoms. The first-order valence-electron chi connectivity index (χ1n) is 10.2. The third kappa shape index (κ3) is 3.61. The molecule has 0 atom stereocenters. The second-order valence-corrected chi connectivity index (χ2v) is 7.70. The number of nitrogens with one attached hydrogen (secondary N) is 1. The Morgan fingerprint density at radius 3 is 2.66 bits per heavy atom. The van der Waals surface area contributed by atoms with E-state index in [1.54, 1.807) is 6.33 Å². The second-order valence-electron chi connectivity index (χ2n) is 7.70. The van der Waals surface area contributed by atoms with Crippen LogP contribution < -0.4 is 4.90 Å². The van der Waals surface area contributed by atoms with E-state index in [0.29, 0.717) is 0 Å². The van der Waals surface area contributed by atoms with Crippen LogP contribution in [0.5, 0.6) is 0 Å². The van der Waals surface area contributed by atoms with Gasteiger partial charge in [0.2, 0.25) is 0 Å². The van der Waals surface area contributed by atoms with Crippen molar-refractivity contribution >= 4 is 33.8 Å². The quantitative estimate of drug-likeness (QED) is 0.572. The standard InChI is InChI=1S/C24H25N5/c1-18-9-10-20-21(16-18)27-23-22(20)25-17-26-24(23)29-14-12-28(13-15-29)11-5-8-19-6-3-2-4-7-19/h2-10,16-17,27H,11-15H2,1H3/b8-5+. The molecular weight excluding hydrogens is 358 g/mol. The predicted octanol–water partition coefficient (Wildman–Crippen LogP) is 4.25. The van der Waals surface area contributed by atoms with Gasteiger partial charge < -0.3 is 9.88 Å². The number of hydrogen-bond acceptors (Lipinski definition) is 4. The fraction of sp³-hybridized carbons (Fsp3) is 0.250. The van der Waals surface area contributed by atoms with E-state index in [1.807, 2.05) is 0 Å². The van der Waals surface area contributed by atoms with Crippen LogP contribution in [0.1, 0.15) is 11.1 Å². The first-order chi connectivity index (χ1) is 14.3. The highest BCUT2D eigenvalue weighted by Crippen LogP contribution is 2.30. The Kier molecular flexibility index (Phi) is 4.74. The molecule has 0 aliphatic carbocycles. The average molecular weight is 383 g/mol. The summed E-state index contributed by atoms with van der Waals surface area (Å²) >= 11 is 0. The van der Waals surface area contributed by atoms with E-state index in [4.69, 9.17) is 0 Å². The van der Waals surface area contributed by atoms with Crippen LogP contribution in [-0.2, 0) is 0 Å². The zero-order valence-corrected chi connectivity index (χ0v) is 16.7. The average Bonchev–Trinajstić information content (AvgIpc) is 3.12. The number of benzene rings is 2. The van der Waals surface area contributed by atoms with Crippen LogP contribution >= 0.6 is 0 Å². The Morgan fingerprint density at radius 2 is 1.83 bits per heavy atom. The molecule has 0 amide bonds. The molecule has 0 radical (unpaired) electrons. The van der Waals surface area contributed by atoms with Gasteiger partial charge in [0.25, 0.3) is 0 Å². The summed E-state index contributed by atoms with van der Waals surface area (Å²) in [6.07, 6.45) is 6.15. The van der Waals surface area contributed by atoms with Crippen molar-refractivity contribution in [3.8, 4) is 0 Å². The Labute approximate surface area is 170 Å². The van der Waals surface area contributed by atoms with Gasteiger partial charge in [0.1, 0.15) is 17.4 Å². The molecule has 1 aliphatic rings. The summed E-state index contributed by atoms with van der Waals surface area (Å²) in [5.74, 6) is 1.02. The molecule has 4 aromatic rings. The number of rotatable bonds is 4. The van der Waals surface area contributed by atoms with E-state index in [2.05, 4.69) is 92.4 Å². The first-order valence-corrected chi connectivity index (χ1v) is 10.2. The highest BCUT2D eigenvalue weighted by Gasteiger charge is 2.20. The van der Waals surface area contributed by atoms with Crippen molar-refractivity contribution < 1.29 is 0 Å². The van der Waals surface area contributed by atoms with Gasteiger partial charge in [-0.15, -0.1) is 0 Å². The van der Waals surface area contributed by atoms with Crippen molar-refractivity contribution in [2.24, 2.45) is 0 Å². The number of nitrogens with zero attached hydrogens (tertiary/aromatic N) is 4. The number of fused-ring (bicyclic) bond motifs is 3. The van der Waals surface area contributed by atoms with Gasteiger partial charge >= 0.3 is 0 Å². The monoisotopic (exact) mass is 383 g/mol. The Bertz CT molecular complexity index is 1150. The molecular formula is C24H25N5. The van der Waals surface area contributed by atoms with E-state index in [1.165, 1.54) is 16.5 Å². The molecule has 29 heavy (non-hydrogen) atoms. The summed E-state index contributed by atoms with van der Waals surface area (Å²) in [4.78, 5) is 17.6. The van der Waals surface area contributed by atoms with E-state index in [0.717, 1.165) is 55.1 Å². The molecule has 5 rings (SSSR count). The maximum atomic E-state index is 4.63. The zero-order valence-electron chi connectivity index (χ0n) is 16.7. The largest absolute Gasteiger partial charge is 0.352 e. The number of piperazine rings is 1. The van der Waals surface area contributed by atoms with Crippen molar-refractivity contribution in [2.45, 2.75) is 6.92 Å². The van der Waals surface area contributed by atoms with Crippen LogP contribution in [0.4, 0.5) is 5.82 Å². The van der Waals surface area contributed by atoms with E-state index < -0.39 is 0 Å². The lowest BCUT2D eigenvalue weighted by Crippen LogP contribution is -2.46. The Morgan fingerprint density at radius 1 is 1.00 bits per heavy atom. The summed E-state index contributed by atoms with van der Waals surface area (Å²) < 4.78 is 0. The molecule has 3 heterocycles. The number of aryl methyl sites for hydroxylation is 1. The van der Waals surface area contributed by atoms with Crippen molar-refractivity contribution in [3.05, 3.63) is 72.1 Å². The van der Waals surface area contributed by atoms with E-state index in [-0.39, 0.29) is 0 Å². The minimum Gasteiger partial charge on any atom is -0.352 e. The number of hydrogen-bond donors (Lipinski definition) is 1.